The van der Waals surface area contributed by atoms with Crippen LogP contribution in [-0.4, -0.2) is 10.4 Å². The van der Waals surface area contributed by atoms with Crippen LogP contribution in [0, 0.1) is 13.8 Å². The SMILES string of the molecule is CCCn1c(C)c(C(=O)c2cc(C)c3ccccc3c2)c2ccccc21. The van der Waals surface area contributed by atoms with Gasteiger partial charge in [-0.25, -0.2) is 0 Å². The first-order chi connectivity index (χ1) is 12.6. The number of benzene rings is 3. The molecule has 0 aliphatic carbocycles. The Morgan fingerprint density at radius 2 is 1.62 bits per heavy atom. The van der Waals surface area contributed by atoms with Gasteiger partial charge in [0.1, 0.15) is 0 Å². The van der Waals surface area contributed by atoms with E-state index < -0.39 is 0 Å². The van der Waals surface area contributed by atoms with Crippen LogP contribution in [0.1, 0.15) is 40.5 Å². The van der Waals surface area contributed by atoms with Gasteiger partial charge in [-0.2, -0.15) is 0 Å². The Kier molecular flexibility index (Phi) is 4.12. The number of carbonyl (C=O) groups is 1. The van der Waals surface area contributed by atoms with Crippen LogP contribution in [-0.2, 0) is 6.54 Å². The maximum atomic E-state index is 13.5. The Morgan fingerprint density at radius 1 is 0.923 bits per heavy atom. The molecule has 0 aliphatic rings. The third kappa shape index (κ3) is 2.53. The lowest BCUT2D eigenvalue weighted by atomic mass is 9.95. The van der Waals surface area contributed by atoms with E-state index >= 15 is 0 Å². The van der Waals surface area contributed by atoms with Crippen LogP contribution in [0.15, 0.2) is 60.7 Å². The monoisotopic (exact) mass is 341 g/mol. The van der Waals surface area contributed by atoms with Gasteiger partial charge in [-0.15, -0.1) is 0 Å². The van der Waals surface area contributed by atoms with E-state index in [0.29, 0.717) is 0 Å². The number of hydrogen-bond donors (Lipinski definition) is 0. The highest BCUT2D eigenvalue weighted by Crippen LogP contribution is 2.30. The Labute approximate surface area is 154 Å². The van der Waals surface area contributed by atoms with Crippen LogP contribution in [0.4, 0.5) is 0 Å². The smallest absolute Gasteiger partial charge is 0.195 e. The van der Waals surface area contributed by atoms with E-state index in [1.54, 1.807) is 0 Å². The van der Waals surface area contributed by atoms with Crippen LogP contribution < -0.4 is 0 Å². The van der Waals surface area contributed by atoms with E-state index in [2.05, 4.69) is 49.6 Å². The number of nitrogens with zero attached hydrogens (tertiary/aromatic N) is 1. The summed E-state index contributed by atoms with van der Waals surface area (Å²) in [7, 11) is 0. The summed E-state index contributed by atoms with van der Waals surface area (Å²) in [5.74, 6) is 0.113. The van der Waals surface area contributed by atoms with Crippen LogP contribution in [0.5, 0.6) is 0 Å². The topological polar surface area (TPSA) is 22.0 Å². The van der Waals surface area contributed by atoms with Gasteiger partial charge in [-0.1, -0.05) is 49.4 Å². The van der Waals surface area contributed by atoms with Gasteiger partial charge in [0.05, 0.1) is 5.56 Å². The number of aromatic nitrogens is 1. The van der Waals surface area contributed by atoms with Crippen molar-refractivity contribution in [2.45, 2.75) is 33.7 Å². The molecule has 2 heteroatoms. The van der Waals surface area contributed by atoms with E-state index in [9.17, 15) is 4.79 Å². The normalized spacial score (nSPS) is 11.3. The maximum Gasteiger partial charge on any atom is 0.195 e. The molecule has 1 aromatic heterocycles. The summed E-state index contributed by atoms with van der Waals surface area (Å²) in [5, 5.41) is 3.37. The average Bonchev–Trinajstić information content (AvgIpc) is 2.93. The molecule has 0 saturated heterocycles. The Hall–Kier alpha value is -2.87. The highest BCUT2D eigenvalue weighted by molar-refractivity contribution is 6.18. The second-order valence-electron chi connectivity index (χ2n) is 6.97. The average molecular weight is 341 g/mol. The Bertz CT molecular complexity index is 1130. The van der Waals surface area contributed by atoms with Gasteiger partial charge in [0.15, 0.2) is 5.78 Å². The van der Waals surface area contributed by atoms with Crippen molar-refractivity contribution in [1.29, 1.82) is 0 Å². The lowest BCUT2D eigenvalue weighted by Crippen LogP contribution is -2.06. The molecule has 0 radical (unpaired) electrons. The second kappa shape index (κ2) is 6.45. The molecule has 130 valence electrons. The molecule has 4 rings (SSSR count). The van der Waals surface area contributed by atoms with E-state index in [-0.39, 0.29) is 5.78 Å². The van der Waals surface area contributed by atoms with Crippen molar-refractivity contribution in [3.8, 4) is 0 Å². The molecule has 0 fully saturated rings. The summed E-state index contributed by atoms with van der Waals surface area (Å²) in [5.41, 5.74) is 4.95. The van der Waals surface area contributed by atoms with Gasteiger partial charge in [0, 0.05) is 28.7 Å². The largest absolute Gasteiger partial charge is 0.344 e. The van der Waals surface area contributed by atoms with Gasteiger partial charge in [0.25, 0.3) is 0 Å². The van der Waals surface area contributed by atoms with E-state index in [0.717, 1.165) is 51.6 Å². The minimum atomic E-state index is 0.113. The first-order valence-corrected chi connectivity index (χ1v) is 9.23. The zero-order valence-electron chi connectivity index (χ0n) is 15.5. The number of hydrogen-bond acceptors (Lipinski definition) is 1. The molecule has 1 heterocycles. The Morgan fingerprint density at radius 3 is 2.38 bits per heavy atom. The molecular formula is C24H23NO. The molecule has 0 bridgehead atoms. The molecule has 0 atom stereocenters. The van der Waals surface area contributed by atoms with Gasteiger partial charge in [-0.3, -0.25) is 4.79 Å². The molecule has 4 aromatic rings. The van der Waals surface area contributed by atoms with Crippen LogP contribution >= 0.6 is 0 Å². The van der Waals surface area contributed by atoms with Gasteiger partial charge in [-0.05, 0) is 54.8 Å². The Balaban J connectivity index is 1.93. The fraction of sp³-hybridized carbons (Fsp3) is 0.208. The first kappa shape index (κ1) is 16.6. The van der Waals surface area contributed by atoms with Gasteiger partial charge < -0.3 is 4.57 Å². The van der Waals surface area contributed by atoms with E-state index in [1.807, 2.05) is 36.4 Å². The van der Waals surface area contributed by atoms with E-state index in [1.165, 1.54) is 5.39 Å². The molecule has 0 unspecified atom stereocenters. The predicted molar refractivity (Wildman–Crippen MR) is 109 cm³/mol. The standard InChI is InChI=1S/C24H23NO/c1-4-13-25-17(3)23(21-11-7-8-12-22(21)25)24(26)19-14-16(2)20-10-6-5-9-18(20)15-19/h5-12,14-15H,4,13H2,1-3H3. The molecule has 0 amide bonds. The predicted octanol–water partition coefficient (Wildman–Crippen LogP) is 6.05. The third-order valence-electron chi connectivity index (χ3n) is 5.24. The van der Waals surface area contributed by atoms with Crippen molar-refractivity contribution < 1.29 is 4.79 Å². The highest BCUT2D eigenvalue weighted by Gasteiger charge is 2.21. The molecule has 0 saturated carbocycles. The number of aryl methyl sites for hydroxylation is 2. The molecule has 26 heavy (non-hydrogen) atoms. The quantitative estimate of drug-likeness (QED) is 0.414. The molecule has 0 aliphatic heterocycles. The maximum absolute atomic E-state index is 13.5. The lowest BCUT2D eigenvalue weighted by molar-refractivity contribution is 0.103. The number of carbonyl (C=O) groups excluding carboxylic acids is 1. The van der Waals surface area contributed by atoms with E-state index in [4.69, 9.17) is 0 Å². The van der Waals surface area contributed by atoms with Crippen LogP contribution in [0.3, 0.4) is 0 Å². The van der Waals surface area contributed by atoms with Crippen molar-refractivity contribution in [1.82, 2.24) is 4.57 Å². The first-order valence-electron chi connectivity index (χ1n) is 9.23. The number of ketones is 1. The summed E-state index contributed by atoms with van der Waals surface area (Å²) >= 11 is 0. The minimum absolute atomic E-state index is 0.113. The van der Waals surface area contributed by atoms with Crippen molar-refractivity contribution in [2.75, 3.05) is 0 Å². The summed E-state index contributed by atoms with van der Waals surface area (Å²) in [6.07, 6.45) is 1.04. The number of para-hydroxylation sites is 1. The van der Waals surface area contributed by atoms with Crippen molar-refractivity contribution >= 4 is 27.5 Å². The number of fused-ring (bicyclic) bond motifs is 2. The van der Waals surface area contributed by atoms with Gasteiger partial charge in [0.2, 0.25) is 0 Å². The summed E-state index contributed by atoms with van der Waals surface area (Å²) in [4.78, 5) is 13.5. The fourth-order valence-corrected chi connectivity index (χ4v) is 4.01. The zero-order chi connectivity index (χ0) is 18.3. The summed E-state index contributed by atoms with van der Waals surface area (Å²) in [6, 6.07) is 20.5. The summed E-state index contributed by atoms with van der Waals surface area (Å²) in [6.45, 7) is 7.24. The van der Waals surface area contributed by atoms with Crippen LogP contribution in [0.2, 0.25) is 0 Å². The van der Waals surface area contributed by atoms with Gasteiger partial charge >= 0.3 is 0 Å². The zero-order valence-corrected chi connectivity index (χ0v) is 15.5. The molecule has 2 nitrogen and oxygen atoms in total. The van der Waals surface area contributed by atoms with Crippen molar-refractivity contribution in [3.63, 3.8) is 0 Å². The van der Waals surface area contributed by atoms with Crippen LogP contribution in [0.25, 0.3) is 21.7 Å². The molecular weight excluding hydrogens is 318 g/mol. The lowest BCUT2D eigenvalue weighted by Gasteiger charge is -2.08. The fourth-order valence-electron chi connectivity index (χ4n) is 4.01. The minimum Gasteiger partial charge on any atom is -0.344 e. The molecule has 3 aromatic carbocycles. The third-order valence-corrected chi connectivity index (χ3v) is 5.24. The second-order valence-corrected chi connectivity index (χ2v) is 6.97. The number of rotatable bonds is 4. The highest BCUT2D eigenvalue weighted by atomic mass is 16.1. The van der Waals surface area contributed by atoms with Crippen molar-refractivity contribution in [2.24, 2.45) is 0 Å². The van der Waals surface area contributed by atoms with Crippen molar-refractivity contribution in [3.05, 3.63) is 83.0 Å². The molecule has 0 spiro atoms. The summed E-state index contributed by atoms with van der Waals surface area (Å²) < 4.78 is 2.27. The molecule has 0 N–H and O–H groups in total.